The molecule has 0 radical (unpaired) electrons. The monoisotopic (exact) mass is 273 g/mol. The summed E-state index contributed by atoms with van der Waals surface area (Å²) in [5.41, 5.74) is 2.33. The number of aliphatic hydroxyl groups is 1. The fraction of sp³-hybridized carbons (Fsp3) is 0.294. The molecule has 0 unspecified atom stereocenters. The number of aryl methyl sites for hydroxylation is 1. The zero-order chi connectivity index (χ0) is 14.8. The van der Waals surface area contributed by atoms with Gasteiger partial charge in [0.15, 0.2) is 0 Å². The van der Waals surface area contributed by atoms with E-state index in [0.29, 0.717) is 6.54 Å². The van der Waals surface area contributed by atoms with E-state index in [1.54, 1.807) is 13.2 Å². The van der Waals surface area contributed by atoms with Crippen LogP contribution in [0.1, 0.15) is 5.56 Å². The van der Waals surface area contributed by atoms with Gasteiger partial charge in [-0.05, 0) is 31.2 Å². The van der Waals surface area contributed by atoms with Crippen LogP contribution in [0.4, 0.5) is 5.69 Å². The van der Waals surface area contributed by atoms with Crippen molar-refractivity contribution in [2.24, 2.45) is 0 Å². The predicted molar refractivity (Wildman–Crippen MR) is 84.9 cm³/mol. The van der Waals surface area contributed by atoms with Gasteiger partial charge in [0.05, 0.1) is 13.7 Å². The molecule has 0 aromatic heterocycles. The first-order valence-corrected chi connectivity index (χ1v) is 6.67. The summed E-state index contributed by atoms with van der Waals surface area (Å²) in [5, 5.41) is 9.16. The normalized spacial score (nSPS) is 11.7. The second-order valence-electron chi connectivity index (χ2n) is 4.41. The fourth-order valence-electron chi connectivity index (χ4n) is 1.77. The predicted octanol–water partition coefficient (Wildman–Crippen LogP) is 3.07. The third kappa shape index (κ3) is 5.33. The molecule has 0 saturated carbocycles. The summed E-state index contributed by atoms with van der Waals surface area (Å²) in [6, 6.07) is 8.28. The Balaban J connectivity index is 2.68. The van der Waals surface area contributed by atoms with Crippen LogP contribution in [0, 0.1) is 6.92 Å². The first-order valence-electron chi connectivity index (χ1n) is 6.67. The largest absolute Gasteiger partial charge is 0.497 e. The van der Waals surface area contributed by atoms with Gasteiger partial charge in [0.25, 0.3) is 0 Å². The van der Waals surface area contributed by atoms with Crippen LogP contribution in [-0.4, -0.2) is 31.9 Å². The molecule has 0 fully saturated rings. The van der Waals surface area contributed by atoms with E-state index in [0.717, 1.165) is 18.0 Å². The highest BCUT2D eigenvalue weighted by molar-refractivity contribution is 5.48. The molecule has 0 atom stereocenters. The van der Waals surface area contributed by atoms with Crippen molar-refractivity contribution in [2.45, 2.75) is 6.92 Å². The molecule has 20 heavy (non-hydrogen) atoms. The number of hydrogen-bond acceptors (Lipinski definition) is 3. The van der Waals surface area contributed by atoms with Crippen LogP contribution < -0.4 is 4.90 Å². The average molecular weight is 273 g/mol. The Morgan fingerprint density at radius 1 is 1.35 bits per heavy atom. The quantitative estimate of drug-likeness (QED) is 0.583. The van der Waals surface area contributed by atoms with E-state index in [2.05, 4.69) is 42.7 Å². The number of rotatable bonds is 8. The van der Waals surface area contributed by atoms with Gasteiger partial charge in [-0.3, -0.25) is 0 Å². The van der Waals surface area contributed by atoms with Crippen molar-refractivity contribution >= 4 is 5.69 Å². The molecule has 3 nitrogen and oxygen atoms in total. The number of methoxy groups -OCH3 is 1. The number of aliphatic hydroxyl groups excluding tert-OH is 1. The topological polar surface area (TPSA) is 32.7 Å². The van der Waals surface area contributed by atoms with E-state index in [-0.39, 0.29) is 6.61 Å². The molecule has 0 bridgehead atoms. The standard InChI is InChI=1S/C17H23NO2/c1-4-17(20-3)7-5-6-12-18(13-14-19)16-10-8-15(2)9-11-16/h4-11,19H,1,12-14H2,2-3H3/b6-5+,17-7+. The van der Waals surface area contributed by atoms with E-state index in [9.17, 15) is 0 Å². The molecule has 1 rings (SSSR count). The van der Waals surface area contributed by atoms with Crippen LogP contribution in [0.25, 0.3) is 0 Å². The van der Waals surface area contributed by atoms with Crippen molar-refractivity contribution in [1.29, 1.82) is 0 Å². The van der Waals surface area contributed by atoms with Crippen molar-refractivity contribution in [3.05, 3.63) is 66.5 Å². The SMILES string of the molecule is C=C/C(=C\C=C\CN(CCO)c1ccc(C)cc1)OC. The summed E-state index contributed by atoms with van der Waals surface area (Å²) in [6.45, 7) is 7.19. The molecule has 0 aliphatic carbocycles. The molecular weight excluding hydrogens is 250 g/mol. The van der Waals surface area contributed by atoms with Gasteiger partial charge in [-0.15, -0.1) is 0 Å². The molecule has 108 valence electrons. The zero-order valence-corrected chi connectivity index (χ0v) is 12.2. The highest BCUT2D eigenvalue weighted by atomic mass is 16.5. The highest BCUT2D eigenvalue weighted by Gasteiger charge is 2.03. The van der Waals surface area contributed by atoms with Crippen LogP contribution in [0.15, 0.2) is 60.9 Å². The highest BCUT2D eigenvalue weighted by Crippen LogP contribution is 2.14. The molecule has 1 aromatic carbocycles. The molecule has 0 spiro atoms. The Kier molecular flexibility index (Phi) is 7.22. The van der Waals surface area contributed by atoms with Crippen molar-refractivity contribution in [3.63, 3.8) is 0 Å². The number of nitrogens with zero attached hydrogens (tertiary/aromatic N) is 1. The second kappa shape index (κ2) is 8.99. The van der Waals surface area contributed by atoms with Gasteiger partial charge in [-0.1, -0.05) is 36.4 Å². The number of ether oxygens (including phenoxy) is 1. The fourth-order valence-corrected chi connectivity index (χ4v) is 1.77. The van der Waals surface area contributed by atoms with Crippen molar-refractivity contribution < 1.29 is 9.84 Å². The molecule has 0 saturated heterocycles. The lowest BCUT2D eigenvalue weighted by atomic mass is 10.2. The van der Waals surface area contributed by atoms with Crippen LogP contribution >= 0.6 is 0 Å². The number of benzene rings is 1. The van der Waals surface area contributed by atoms with E-state index in [1.807, 2.05) is 18.2 Å². The summed E-state index contributed by atoms with van der Waals surface area (Å²) >= 11 is 0. The molecular formula is C17H23NO2. The first-order chi connectivity index (χ1) is 9.71. The molecule has 1 N–H and O–H groups in total. The maximum atomic E-state index is 9.16. The molecule has 0 aliphatic rings. The second-order valence-corrected chi connectivity index (χ2v) is 4.41. The Morgan fingerprint density at radius 3 is 2.60 bits per heavy atom. The maximum Gasteiger partial charge on any atom is 0.118 e. The number of anilines is 1. The summed E-state index contributed by atoms with van der Waals surface area (Å²) in [4.78, 5) is 2.12. The van der Waals surface area contributed by atoms with E-state index in [1.165, 1.54) is 5.56 Å². The molecule has 0 amide bonds. The van der Waals surface area contributed by atoms with Crippen LogP contribution in [0.3, 0.4) is 0 Å². The van der Waals surface area contributed by atoms with Crippen LogP contribution in [-0.2, 0) is 4.74 Å². The number of hydrogen-bond donors (Lipinski definition) is 1. The Morgan fingerprint density at radius 2 is 2.05 bits per heavy atom. The average Bonchev–Trinajstić information content (AvgIpc) is 2.47. The van der Waals surface area contributed by atoms with Crippen LogP contribution in [0.2, 0.25) is 0 Å². The Bertz CT molecular complexity index is 460. The Labute approximate surface area is 121 Å². The van der Waals surface area contributed by atoms with Gasteiger partial charge in [-0.2, -0.15) is 0 Å². The minimum Gasteiger partial charge on any atom is -0.497 e. The smallest absolute Gasteiger partial charge is 0.118 e. The third-order valence-corrected chi connectivity index (χ3v) is 2.93. The lowest BCUT2D eigenvalue weighted by Crippen LogP contribution is -2.26. The van der Waals surface area contributed by atoms with Gasteiger partial charge in [-0.25, -0.2) is 0 Å². The van der Waals surface area contributed by atoms with E-state index < -0.39 is 0 Å². The maximum absolute atomic E-state index is 9.16. The van der Waals surface area contributed by atoms with Gasteiger partial charge >= 0.3 is 0 Å². The molecule has 0 heterocycles. The van der Waals surface area contributed by atoms with E-state index in [4.69, 9.17) is 9.84 Å². The zero-order valence-electron chi connectivity index (χ0n) is 12.2. The lowest BCUT2D eigenvalue weighted by Gasteiger charge is -2.22. The van der Waals surface area contributed by atoms with Gasteiger partial charge in [0, 0.05) is 18.8 Å². The summed E-state index contributed by atoms with van der Waals surface area (Å²) in [7, 11) is 1.62. The van der Waals surface area contributed by atoms with Gasteiger partial charge in [0.2, 0.25) is 0 Å². The van der Waals surface area contributed by atoms with Crippen molar-refractivity contribution in [3.8, 4) is 0 Å². The van der Waals surface area contributed by atoms with Gasteiger partial charge < -0.3 is 14.7 Å². The van der Waals surface area contributed by atoms with Crippen molar-refractivity contribution in [2.75, 3.05) is 31.7 Å². The third-order valence-electron chi connectivity index (χ3n) is 2.93. The minimum absolute atomic E-state index is 0.132. The van der Waals surface area contributed by atoms with Crippen molar-refractivity contribution in [1.82, 2.24) is 0 Å². The van der Waals surface area contributed by atoms with Crippen LogP contribution in [0.5, 0.6) is 0 Å². The lowest BCUT2D eigenvalue weighted by molar-refractivity contribution is 0.303. The Hall–Kier alpha value is -2.00. The summed E-state index contributed by atoms with van der Waals surface area (Å²) in [5.74, 6) is 0.727. The summed E-state index contributed by atoms with van der Waals surface area (Å²) < 4.78 is 5.09. The minimum atomic E-state index is 0.132. The molecule has 0 aliphatic heterocycles. The summed E-state index contributed by atoms with van der Waals surface area (Å²) in [6.07, 6.45) is 7.48. The molecule has 1 aromatic rings. The van der Waals surface area contributed by atoms with E-state index >= 15 is 0 Å². The van der Waals surface area contributed by atoms with Gasteiger partial charge in [0.1, 0.15) is 5.76 Å². The first kappa shape index (κ1) is 16.1. The molecule has 3 heteroatoms. The number of allylic oxidation sites excluding steroid dienone is 3.